The summed E-state index contributed by atoms with van der Waals surface area (Å²) < 4.78 is 0. The summed E-state index contributed by atoms with van der Waals surface area (Å²) in [7, 11) is 0. The van der Waals surface area contributed by atoms with Gasteiger partial charge in [-0.15, -0.1) is 0 Å². The highest BCUT2D eigenvalue weighted by molar-refractivity contribution is 4.80. The zero-order chi connectivity index (χ0) is 7.33. The maximum Gasteiger partial charge on any atom is -0.000854 e. The van der Waals surface area contributed by atoms with Crippen molar-refractivity contribution in [2.75, 3.05) is 13.1 Å². The highest BCUT2D eigenvalue weighted by Gasteiger charge is 2.21. The fraction of sp³-hybridized carbons (Fsp3) is 0.857. The van der Waals surface area contributed by atoms with Crippen LogP contribution >= 0.6 is 0 Å². The van der Waals surface area contributed by atoms with Gasteiger partial charge in [0.2, 0.25) is 0 Å². The van der Waals surface area contributed by atoms with Crippen LogP contribution < -0.4 is 11.5 Å². The molecule has 0 rings (SSSR count). The summed E-state index contributed by atoms with van der Waals surface area (Å²) in [5.41, 5.74) is 11.1. The van der Waals surface area contributed by atoms with Crippen LogP contribution in [0.3, 0.4) is 0 Å². The lowest BCUT2D eigenvalue weighted by Gasteiger charge is -2.27. The van der Waals surface area contributed by atoms with Gasteiger partial charge in [0.15, 0.2) is 0 Å². The molecule has 0 atom stereocenters. The second-order valence-electron chi connectivity index (χ2n) is 2.51. The van der Waals surface area contributed by atoms with E-state index in [9.17, 15) is 0 Å². The molecule has 55 valence electrons. The first-order valence-electron chi connectivity index (χ1n) is 3.44. The van der Waals surface area contributed by atoms with E-state index in [0.717, 1.165) is 12.8 Å². The summed E-state index contributed by atoms with van der Waals surface area (Å²) in [4.78, 5) is 0. The topological polar surface area (TPSA) is 52.0 Å². The van der Waals surface area contributed by atoms with Crippen molar-refractivity contribution in [2.24, 2.45) is 16.9 Å². The van der Waals surface area contributed by atoms with E-state index < -0.39 is 0 Å². The Hall–Kier alpha value is -0.0800. The molecule has 9 heavy (non-hydrogen) atoms. The molecule has 0 unspecified atom stereocenters. The molecule has 0 aromatic rings. The first kappa shape index (κ1) is 8.92. The lowest BCUT2D eigenvalue weighted by Crippen LogP contribution is -2.36. The molecule has 2 heteroatoms. The quantitative estimate of drug-likeness (QED) is 0.581. The molecular formula is C7H17N2. The number of rotatable bonds is 4. The second-order valence-corrected chi connectivity index (χ2v) is 2.51. The van der Waals surface area contributed by atoms with Crippen LogP contribution in [0.4, 0.5) is 0 Å². The number of nitrogens with two attached hydrogens (primary N) is 2. The van der Waals surface area contributed by atoms with E-state index in [1.807, 2.05) is 0 Å². The van der Waals surface area contributed by atoms with Crippen molar-refractivity contribution < 1.29 is 0 Å². The summed E-state index contributed by atoms with van der Waals surface area (Å²) in [6.07, 6.45) is 1.88. The van der Waals surface area contributed by atoms with Gasteiger partial charge in [0.05, 0.1) is 0 Å². The van der Waals surface area contributed by atoms with Gasteiger partial charge in [-0.3, -0.25) is 0 Å². The molecule has 0 aliphatic heterocycles. The Labute approximate surface area is 57.6 Å². The Kier molecular flexibility index (Phi) is 3.82. The Morgan fingerprint density at radius 2 is 1.78 bits per heavy atom. The van der Waals surface area contributed by atoms with Gasteiger partial charge in [-0.1, -0.05) is 13.8 Å². The zero-order valence-corrected chi connectivity index (χ0v) is 6.19. The highest BCUT2D eigenvalue weighted by atomic mass is 14.7. The van der Waals surface area contributed by atoms with E-state index in [1.165, 1.54) is 0 Å². The first-order valence-corrected chi connectivity index (χ1v) is 3.44. The molecular weight excluding hydrogens is 112 g/mol. The van der Waals surface area contributed by atoms with Crippen LogP contribution in [0.15, 0.2) is 0 Å². The summed E-state index contributed by atoms with van der Waals surface area (Å²) in [5, 5.41) is 0. The van der Waals surface area contributed by atoms with E-state index in [-0.39, 0.29) is 5.41 Å². The van der Waals surface area contributed by atoms with E-state index in [4.69, 9.17) is 11.5 Å². The van der Waals surface area contributed by atoms with Gasteiger partial charge in [-0.2, -0.15) is 0 Å². The summed E-state index contributed by atoms with van der Waals surface area (Å²) in [6, 6.07) is 0. The van der Waals surface area contributed by atoms with Crippen molar-refractivity contribution in [3.05, 3.63) is 6.92 Å². The SMILES string of the molecule is [CH2]CC(CC)(CN)CN. The Bertz CT molecular complexity index is 49.8. The molecule has 0 aromatic carbocycles. The van der Waals surface area contributed by atoms with Crippen LogP contribution in [0.1, 0.15) is 19.8 Å². The molecule has 0 fully saturated rings. The van der Waals surface area contributed by atoms with Gasteiger partial charge in [-0.05, 0) is 31.3 Å². The molecule has 0 saturated heterocycles. The van der Waals surface area contributed by atoms with Gasteiger partial charge in [0.1, 0.15) is 0 Å². The Morgan fingerprint density at radius 1 is 1.33 bits per heavy atom. The third kappa shape index (κ3) is 1.95. The minimum absolute atomic E-state index is 0.111. The van der Waals surface area contributed by atoms with Crippen molar-refractivity contribution in [3.8, 4) is 0 Å². The molecule has 0 amide bonds. The van der Waals surface area contributed by atoms with Crippen molar-refractivity contribution in [1.82, 2.24) is 0 Å². The van der Waals surface area contributed by atoms with Crippen LogP contribution in [0.5, 0.6) is 0 Å². The fourth-order valence-electron chi connectivity index (χ4n) is 0.753. The zero-order valence-electron chi connectivity index (χ0n) is 6.19. The predicted molar refractivity (Wildman–Crippen MR) is 40.8 cm³/mol. The van der Waals surface area contributed by atoms with E-state index in [0.29, 0.717) is 13.1 Å². The van der Waals surface area contributed by atoms with Crippen molar-refractivity contribution >= 4 is 0 Å². The second kappa shape index (κ2) is 3.85. The molecule has 2 nitrogen and oxygen atoms in total. The average Bonchev–Trinajstić information content (AvgIpc) is 1.95. The fourth-order valence-corrected chi connectivity index (χ4v) is 0.753. The van der Waals surface area contributed by atoms with Crippen LogP contribution in [0.2, 0.25) is 0 Å². The van der Waals surface area contributed by atoms with Crippen LogP contribution in [-0.2, 0) is 0 Å². The van der Waals surface area contributed by atoms with Crippen molar-refractivity contribution in [1.29, 1.82) is 0 Å². The maximum atomic E-state index is 5.52. The molecule has 0 aromatic heterocycles. The average molecular weight is 129 g/mol. The van der Waals surface area contributed by atoms with Gasteiger partial charge >= 0.3 is 0 Å². The smallest absolute Gasteiger partial charge is 0.000854 e. The summed E-state index contributed by atoms with van der Waals surface area (Å²) >= 11 is 0. The standard InChI is InChI=1S/C7H17N2/c1-3-7(4-2,5-8)6-9/h1,3-6,8-9H2,2H3. The first-order chi connectivity index (χ1) is 4.24. The Morgan fingerprint density at radius 3 is 1.78 bits per heavy atom. The van der Waals surface area contributed by atoms with Crippen LogP contribution in [0, 0.1) is 12.3 Å². The molecule has 0 heterocycles. The minimum Gasteiger partial charge on any atom is -0.330 e. The summed E-state index contributed by atoms with van der Waals surface area (Å²) in [5.74, 6) is 0. The number of hydrogen-bond acceptors (Lipinski definition) is 2. The van der Waals surface area contributed by atoms with Crippen molar-refractivity contribution in [3.63, 3.8) is 0 Å². The Balaban J connectivity index is 3.82. The normalized spacial score (nSPS) is 12.0. The monoisotopic (exact) mass is 129 g/mol. The molecule has 0 aliphatic rings. The molecule has 0 saturated carbocycles. The summed E-state index contributed by atoms with van der Waals surface area (Å²) in [6.45, 7) is 7.23. The van der Waals surface area contributed by atoms with Gasteiger partial charge < -0.3 is 11.5 Å². The molecule has 0 bridgehead atoms. The third-order valence-electron chi connectivity index (χ3n) is 2.15. The van der Waals surface area contributed by atoms with Gasteiger partial charge in [-0.25, -0.2) is 0 Å². The minimum atomic E-state index is 0.111. The van der Waals surface area contributed by atoms with Gasteiger partial charge in [0, 0.05) is 0 Å². The van der Waals surface area contributed by atoms with E-state index in [2.05, 4.69) is 13.8 Å². The molecule has 1 radical (unpaired) electrons. The lowest BCUT2D eigenvalue weighted by atomic mass is 9.83. The molecule has 0 spiro atoms. The van der Waals surface area contributed by atoms with Gasteiger partial charge in [0.25, 0.3) is 0 Å². The van der Waals surface area contributed by atoms with E-state index >= 15 is 0 Å². The third-order valence-corrected chi connectivity index (χ3v) is 2.15. The largest absolute Gasteiger partial charge is 0.330 e. The molecule has 4 N–H and O–H groups in total. The van der Waals surface area contributed by atoms with Crippen LogP contribution in [-0.4, -0.2) is 13.1 Å². The predicted octanol–water partition coefficient (Wildman–Crippen LogP) is 0.524. The molecule has 0 aliphatic carbocycles. The van der Waals surface area contributed by atoms with Crippen LogP contribution in [0.25, 0.3) is 0 Å². The lowest BCUT2D eigenvalue weighted by molar-refractivity contribution is 0.299. The highest BCUT2D eigenvalue weighted by Crippen LogP contribution is 2.21. The maximum absolute atomic E-state index is 5.52. The van der Waals surface area contributed by atoms with E-state index in [1.54, 1.807) is 0 Å². The van der Waals surface area contributed by atoms with Crippen molar-refractivity contribution in [2.45, 2.75) is 19.8 Å². The number of hydrogen-bond donors (Lipinski definition) is 2.